The predicted molar refractivity (Wildman–Crippen MR) is 82.5 cm³/mol. The lowest BCUT2D eigenvalue weighted by molar-refractivity contribution is 0.310. The Balaban J connectivity index is 2.06. The van der Waals surface area contributed by atoms with Crippen LogP contribution < -0.4 is 16.0 Å². The van der Waals surface area contributed by atoms with Crippen LogP contribution in [0.15, 0.2) is 24.4 Å². The molecular weight excluding hydrogens is 286 g/mol. The van der Waals surface area contributed by atoms with E-state index in [1.54, 1.807) is 6.20 Å². The Labute approximate surface area is 127 Å². The smallest absolute Gasteiger partial charge is 0.229 e. The number of aliphatic hydroxyl groups excluding tert-OH is 2. The van der Waals surface area contributed by atoms with Crippen molar-refractivity contribution in [1.82, 2.24) is 19.9 Å². The molecule has 0 saturated carbocycles. The fraction of sp³-hybridized carbons (Fsp3) is 0.385. The number of anilines is 3. The lowest BCUT2D eigenvalue weighted by Gasteiger charge is -2.10. The maximum atomic E-state index is 8.85. The normalized spacial score (nSPS) is 10.3. The van der Waals surface area contributed by atoms with Gasteiger partial charge < -0.3 is 26.2 Å². The molecule has 0 amide bonds. The van der Waals surface area contributed by atoms with E-state index in [-0.39, 0.29) is 13.2 Å². The molecule has 22 heavy (non-hydrogen) atoms. The second kappa shape index (κ2) is 8.70. The SMILES string of the molecule is OCCNc1nc(NCCO)nc(NCc2ccccn2)n1. The van der Waals surface area contributed by atoms with Gasteiger partial charge >= 0.3 is 0 Å². The lowest BCUT2D eigenvalue weighted by Crippen LogP contribution is -2.15. The van der Waals surface area contributed by atoms with E-state index in [4.69, 9.17) is 10.2 Å². The van der Waals surface area contributed by atoms with E-state index >= 15 is 0 Å². The van der Waals surface area contributed by atoms with E-state index in [2.05, 4.69) is 35.9 Å². The van der Waals surface area contributed by atoms with Crippen molar-refractivity contribution in [2.45, 2.75) is 6.54 Å². The van der Waals surface area contributed by atoms with Crippen molar-refractivity contribution in [3.8, 4) is 0 Å². The Morgan fingerprint density at radius 1 is 0.818 bits per heavy atom. The predicted octanol–water partition coefficient (Wildman–Crippen LogP) is -0.313. The van der Waals surface area contributed by atoms with Gasteiger partial charge in [0.2, 0.25) is 17.8 Å². The number of nitrogens with one attached hydrogen (secondary N) is 3. The zero-order valence-electron chi connectivity index (χ0n) is 12.0. The molecule has 9 nitrogen and oxygen atoms in total. The first-order valence-electron chi connectivity index (χ1n) is 6.91. The second-order valence-corrected chi connectivity index (χ2v) is 4.28. The third-order valence-electron chi connectivity index (χ3n) is 2.58. The van der Waals surface area contributed by atoms with Crippen LogP contribution in [0, 0.1) is 0 Å². The molecule has 118 valence electrons. The molecule has 2 aromatic rings. The number of aromatic nitrogens is 4. The Kier molecular flexibility index (Phi) is 6.27. The van der Waals surface area contributed by atoms with E-state index in [9.17, 15) is 0 Å². The topological polar surface area (TPSA) is 128 Å². The zero-order chi connectivity index (χ0) is 15.6. The number of hydrogen-bond donors (Lipinski definition) is 5. The van der Waals surface area contributed by atoms with Crippen LogP contribution in [0.25, 0.3) is 0 Å². The lowest BCUT2D eigenvalue weighted by atomic mass is 10.3. The van der Waals surface area contributed by atoms with Crippen LogP contribution in [0.5, 0.6) is 0 Å². The van der Waals surface area contributed by atoms with Gasteiger partial charge in [-0.05, 0) is 12.1 Å². The number of rotatable bonds is 9. The molecular formula is C13H19N7O2. The van der Waals surface area contributed by atoms with Crippen LogP contribution in [0.2, 0.25) is 0 Å². The summed E-state index contributed by atoms with van der Waals surface area (Å²) in [5.41, 5.74) is 0.859. The molecule has 0 atom stereocenters. The van der Waals surface area contributed by atoms with E-state index < -0.39 is 0 Å². The minimum absolute atomic E-state index is 0.0260. The molecule has 0 bridgehead atoms. The van der Waals surface area contributed by atoms with Gasteiger partial charge in [-0.2, -0.15) is 15.0 Å². The minimum atomic E-state index is -0.0260. The average Bonchev–Trinajstić information content (AvgIpc) is 2.57. The van der Waals surface area contributed by atoms with E-state index in [1.807, 2.05) is 18.2 Å². The largest absolute Gasteiger partial charge is 0.395 e. The first kappa shape index (κ1) is 15.9. The summed E-state index contributed by atoms with van der Waals surface area (Å²) >= 11 is 0. The van der Waals surface area contributed by atoms with Crippen LogP contribution >= 0.6 is 0 Å². The number of hydrogen-bond acceptors (Lipinski definition) is 9. The molecule has 0 saturated heterocycles. The quantitative estimate of drug-likeness (QED) is 0.423. The standard InChI is InChI=1S/C13H19N7O2/c21-7-5-15-11-18-12(16-6-8-22)20-13(19-11)17-9-10-3-1-2-4-14-10/h1-4,21-22H,5-9H2,(H3,15,16,17,18,19,20). The Morgan fingerprint density at radius 2 is 1.41 bits per heavy atom. The van der Waals surface area contributed by atoms with Crippen molar-refractivity contribution >= 4 is 17.8 Å². The van der Waals surface area contributed by atoms with E-state index in [1.165, 1.54) is 0 Å². The number of nitrogens with zero attached hydrogens (tertiary/aromatic N) is 4. The van der Waals surface area contributed by atoms with E-state index in [0.29, 0.717) is 37.5 Å². The molecule has 0 unspecified atom stereocenters. The van der Waals surface area contributed by atoms with Gasteiger partial charge in [-0.1, -0.05) is 6.07 Å². The number of pyridine rings is 1. The highest BCUT2D eigenvalue weighted by molar-refractivity contribution is 5.42. The van der Waals surface area contributed by atoms with Crippen LogP contribution in [-0.4, -0.2) is 56.5 Å². The third kappa shape index (κ3) is 5.11. The van der Waals surface area contributed by atoms with Crippen molar-refractivity contribution in [3.63, 3.8) is 0 Å². The Morgan fingerprint density at radius 3 is 1.91 bits per heavy atom. The highest BCUT2D eigenvalue weighted by Gasteiger charge is 2.06. The Hall–Kier alpha value is -2.52. The van der Waals surface area contributed by atoms with Crippen LogP contribution in [0.1, 0.15) is 5.69 Å². The zero-order valence-corrected chi connectivity index (χ0v) is 12.0. The highest BCUT2D eigenvalue weighted by atomic mass is 16.3. The summed E-state index contributed by atoms with van der Waals surface area (Å²) in [7, 11) is 0. The Bertz CT molecular complexity index is 541. The van der Waals surface area contributed by atoms with Gasteiger partial charge in [0.05, 0.1) is 25.5 Å². The molecule has 9 heteroatoms. The monoisotopic (exact) mass is 305 g/mol. The van der Waals surface area contributed by atoms with Crippen LogP contribution in [-0.2, 0) is 6.54 Å². The highest BCUT2D eigenvalue weighted by Crippen LogP contribution is 2.10. The maximum Gasteiger partial charge on any atom is 0.229 e. The molecule has 0 aliphatic rings. The average molecular weight is 305 g/mol. The molecule has 2 heterocycles. The molecule has 0 fully saturated rings. The van der Waals surface area contributed by atoms with Gasteiger partial charge in [0.25, 0.3) is 0 Å². The molecule has 2 rings (SSSR count). The summed E-state index contributed by atoms with van der Waals surface area (Å²) in [5, 5.41) is 26.5. The van der Waals surface area contributed by atoms with Gasteiger partial charge in [-0.3, -0.25) is 4.98 Å². The van der Waals surface area contributed by atoms with Gasteiger partial charge in [0.1, 0.15) is 0 Å². The minimum Gasteiger partial charge on any atom is -0.395 e. The fourth-order valence-corrected chi connectivity index (χ4v) is 1.62. The number of aliphatic hydroxyl groups is 2. The molecule has 0 aliphatic heterocycles. The van der Waals surface area contributed by atoms with Crippen molar-refractivity contribution in [2.75, 3.05) is 42.3 Å². The van der Waals surface area contributed by atoms with Crippen LogP contribution in [0.3, 0.4) is 0 Å². The second-order valence-electron chi connectivity index (χ2n) is 4.28. The van der Waals surface area contributed by atoms with Gasteiger partial charge in [0, 0.05) is 19.3 Å². The molecule has 2 aromatic heterocycles. The summed E-state index contributed by atoms with van der Waals surface area (Å²) in [6.45, 7) is 1.10. The van der Waals surface area contributed by atoms with Crippen molar-refractivity contribution in [1.29, 1.82) is 0 Å². The van der Waals surface area contributed by atoms with Crippen molar-refractivity contribution < 1.29 is 10.2 Å². The van der Waals surface area contributed by atoms with Gasteiger partial charge in [0.15, 0.2) is 0 Å². The summed E-state index contributed by atoms with van der Waals surface area (Å²) in [6, 6.07) is 5.64. The summed E-state index contributed by atoms with van der Waals surface area (Å²) < 4.78 is 0. The fourth-order valence-electron chi connectivity index (χ4n) is 1.62. The van der Waals surface area contributed by atoms with Gasteiger partial charge in [-0.15, -0.1) is 0 Å². The maximum absolute atomic E-state index is 8.85. The first-order valence-corrected chi connectivity index (χ1v) is 6.91. The summed E-state index contributed by atoms with van der Waals surface area (Å²) in [5.74, 6) is 1.06. The van der Waals surface area contributed by atoms with Crippen molar-refractivity contribution in [2.24, 2.45) is 0 Å². The molecule has 0 aliphatic carbocycles. The molecule has 0 radical (unpaired) electrons. The molecule has 0 aromatic carbocycles. The third-order valence-corrected chi connectivity index (χ3v) is 2.58. The summed E-state index contributed by atoms with van der Waals surface area (Å²) in [4.78, 5) is 16.8. The molecule has 5 N–H and O–H groups in total. The first-order chi connectivity index (χ1) is 10.8. The van der Waals surface area contributed by atoms with Crippen LogP contribution in [0.4, 0.5) is 17.8 Å². The van der Waals surface area contributed by atoms with Crippen molar-refractivity contribution in [3.05, 3.63) is 30.1 Å². The van der Waals surface area contributed by atoms with Gasteiger partial charge in [-0.25, -0.2) is 0 Å². The molecule has 0 spiro atoms. The van der Waals surface area contributed by atoms with E-state index in [0.717, 1.165) is 5.69 Å². The summed E-state index contributed by atoms with van der Waals surface area (Å²) in [6.07, 6.45) is 1.72.